The highest BCUT2D eigenvalue weighted by Crippen LogP contribution is 2.41. The van der Waals surface area contributed by atoms with Gasteiger partial charge >= 0.3 is 17.7 Å². The lowest BCUT2D eigenvalue weighted by atomic mass is 10.1. The van der Waals surface area contributed by atoms with Gasteiger partial charge in [0, 0.05) is 27.7 Å². The number of benzene rings is 4. The van der Waals surface area contributed by atoms with Crippen molar-refractivity contribution in [1.82, 2.24) is 5.32 Å². The number of rotatable bonds is 12. The molecular formula is C34H30Cl3NO7. The van der Waals surface area contributed by atoms with Gasteiger partial charge in [-0.15, -0.1) is 0 Å². The highest BCUT2D eigenvalue weighted by Gasteiger charge is 2.60. The minimum Gasteiger partial charge on any atom is -0.455 e. The molecule has 0 saturated carbocycles. The number of nitrogens with one attached hydrogen (secondary N) is 1. The summed E-state index contributed by atoms with van der Waals surface area (Å²) in [6, 6.07) is 25.7. The Morgan fingerprint density at radius 1 is 0.756 bits per heavy atom. The molecule has 0 saturated heterocycles. The summed E-state index contributed by atoms with van der Waals surface area (Å²) in [5.74, 6) is -4.33. The lowest BCUT2D eigenvalue weighted by Gasteiger charge is -2.23. The topological polar surface area (TPSA) is 103 Å². The van der Waals surface area contributed by atoms with Crippen LogP contribution in [0.25, 0.3) is 0 Å². The van der Waals surface area contributed by atoms with Crippen LogP contribution in [-0.2, 0) is 38.7 Å². The van der Waals surface area contributed by atoms with Gasteiger partial charge in [-0.25, -0.2) is 9.59 Å². The second-order valence-corrected chi connectivity index (χ2v) is 11.9. The van der Waals surface area contributed by atoms with Crippen LogP contribution in [0.4, 0.5) is 0 Å². The number of fused-ring (bicyclic) bond motifs is 1. The molecule has 0 fully saturated rings. The predicted molar refractivity (Wildman–Crippen MR) is 171 cm³/mol. The highest BCUT2D eigenvalue weighted by molar-refractivity contribution is 6.31. The average molecular weight is 671 g/mol. The molecule has 8 nitrogen and oxygen atoms in total. The third-order valence-corrected chi connectivity index (χ3v) is 7.71. The third kappa shape index (κ3) is 8.28. The van der Waals surface area contributed by atoms with Crippen molar-refractivity contribution in [2.24, 2.45) is 0 Å². The maximum absolute atomic E-state index is 13.5. The molecule has 1 heterocycles. The summed E-state index contributed by atoms with van der Waals surface area (Å²) in [6.07, 6.45) is -0.191. The lowest BCUT2D eigenvalue weighted by Crippen LogP contribution is -2.55. The van der Waals surface area contributed by atoms with E-state index in [1.807, 2.05) is 13.0 Å². The Morgan fingerprint density at radius 3 is 1.89 bits per heavy atom. The van der Waals surface area contributed by atoms with Crippen LogP contribution in [-0.4, -0.2) is 35.4 Å². The predicted octanol–water partition coefficient (Wildman–Crippen LogP) is 6.86. The van der Waals surface area contributed by atoms with Crippen LogP contribution in [0.5, 0.6) is 11.5 Å². The Morgan fingerprint density at radius 2 is 1.31 bits per heavy atom. The van der Waals surface area contributed by atoms with E-state index < -0.39 is 23.8 Å². The monoisotopic (exact) mass is 669 g/mol. The summed E-state index contributed by atoms with van der Waals surface area (Å²) < 4.78 is 22.7. The Balaban J connectivity index is 1.28. The van der Waals surface area contributed by atoms with Crippen molar-refractivity contribution >= 4 is 46.7 Å². The summed E-state index contributed by atoms with van der Waals surface area (Å²) in [5, 5.41) is 15.3. The first-order valence-corrected chi connectivity index (χ1v) is 15.3. The Kier molecular flexibility index (Phi) is 10.5. The van der Waals surface area contributed by atoms with Crippen molar-refractivity contribution in [2.45, 2.75) is 44.5 Å². The molecule has 45 heavy (non-hydrogen) atoms. The van der Waals surface area contributed by atoms with Crippen LogP contribution >= 0.6 is 34.8 Å². The number of hydrogen-bond acceptors (Lipinski definition) is 8. The van der Waals surface area contributed by atoms with E-state index in [0.29, 0.717) is 44.7 Å². The minimum absolute atomic E-state index is 0.0470. The number of esters is 2. The van der Waals surface area contributed by atoms with E-state index in [1.165, 1.54) is 0 Å². The first kappa shape index (κ1) is 32.6. The van der Waals surface area contributed by atoms with Crippen LogP contribution in [0.2, 0.25) is 15.1 Å². The fourth-order valence-corrected chi connectivity index (χ4v) is 5.36. The zero-order valence-corrected chi connectivity index (χ0v) is 26.4. The molecule has 1 aliphatic rings. The molecule has 0 amide bonds. The second kappa shape index (κ2) is 14.5. The van der Waals surface area contributed by atoms with Crippen LogP contribution in [0.1, 0.15) is 35.3 Å². The molecule has 4 aromatic rings. The van der Waals surface area contributed by atoms with Gasteiger partial charge in [0.1, 0.15) is 13.2 Å². The molecule has 0 spiro atoms. The highest BCUT2D eigenvalue weighted by atomic mass is 35.5. The van der Waals surface area contributed by atoms with Crippen LogP contribution in [0.15, 0.2) is 91.0 Å². The molecule has 1 aliphatic heterocycles. The van der Waals surface area contributed by atoms with Gasteiger partial charge in [-0.05, 0) is 84.1 Å². The zero-order valence-electron chi connectivity index (χ0n) is 24.2. The molecule has 0 radical (unpaired) electrons. The Labute approximate surface area is 275 Å². The van der Waals surface area contributed by atoms with E-state index in [4.69, 9.17) is 53.8 Å². The number of halogens is 3. The standard InChI is InChI=1S/C34H30Cl3NO7/c1-21(38-18-29(39)25-7-4-10-28(37)17-25)13-22-11-12-30-31(16-22)45-34(44-30,32(40)42-19-23-5-2-8-26(35)14-23)33(41)43-20-24-6-3-9-27(36)15-24/h2-12,14-17,21,29,38-39H,13,18-20H2,1H3/t21-,29+/m1/s1. The van der Waals surface area contributed by atoms with Gasteiger partial charge in [0.25, 0.3) is 0 Å². The summed E-state index contributed by atoms with van der Waals surface area (Å²) in [6.45, 7) is 1.93. The molecule has 2 N–H and O–H groups in total. The number of aliphatic hydroxyl groups excluding tert-OH is 1. The Hall–Kier alpha value is -3.79. The van der Waals surface area contributed by atoms with Crippen molar-refractivity contribution in [3.63, 3.8) is 0 Å². The van der Waals surface area contributed by atoms with Crippen molar-refractivity contribution in [3.05, 3.63) is 128 Å². The molecule has 4 aromatic carbocycles. The summed E-state index contributed by atoms with van der Waals surface area (Å²) in [7, 11) is 0. The zero-order chi connectivity index (χ0) is 32.0. The summed E-state index contributed by atoms with van der Waals surface area (Å²) in [5.41, 5.74) is 2.77. The number of hydrogen-bond donors (Lipinski definition) is 2. The third-order valence-electron chi connectivity index (χ3n) is 7.01. The van der Waals surface area contributed by atoms with Gasteiger partial charge in [0.2, 0.25) is 0 Å². The maximum Gasteiger partial charge on any atom is 0.453 e. The molecular weight excluding hydrogens is 641 g/mol. The molecule has 2 atom stereocenters. The lowest BCUT2D eigenvalue weighted by molar-refractivity contribution is -0.204. The smallest absolute Gasteiger partial charge is 0.453 e. The first-order valence-electron chi connectivity index (χ1n) is 14.1. The van der Waals surface area contributed by atoms with Gasteiger partial charge in [-0.3, -0.25) is 0 Å². The molecule has 0 unspecified atom stereocenters. The molecule has 0 aliphatic carbocycles. The van der Waals surface area contributed by atoms with Gasteiger partial charge in [-0.2, -0.15) is 0 Å². The van der Waals surface area contributed by atoms with E-state index in [0.717, 1.165) is 5.56 Å². The number of carbonyl (C=O) groups excluding carboxylic acids is 2. The van der Waals surface area contributed by atoms with Crippen molar-refractivity contribution in [1.29, 1.82) is 0 Å². The number of aliphatic hydroxyl groups is 1. The quantitative estimate of drug-likeness (QED) is 0.125. The van der Waals surface area contributed by atoms with Crippen LogP contribution < -0.4 is 14.8 Å². The summed E-state index contributed by atoms with van der Waals surface area (Å²) >= 11 is 18.2. The molecule has 5 rings (SSSR count). The Bertz CT molecular complexity index is 1620. The first-order chi connectivity index (χ1) is 21.6. The SMILES string of the molecule is C[C@H](Cc1ccc2c(c1)OC(C(=O)OCc1cccc(Cl)c1)(C(=O)OCc1cccc(Cl)c1)O2)NC[C@H](O)c1cccc(Cl)c1. The number of carbonyl (C=O) groups is 2. The van der Waals surface area contributed by atoms with Crippen molar-refractivity contribution < 1.29 is 33.6 Å². The molecule has 11 heteroatoms. The van der Waals surface area contributed by atoms with E-state index >= 15 is 0 Å². The van der Waals surface area contributed by atoms with Gasteiger partial charge in [0.05, 0.1) is 6.10 Å². The normalized spacial score (nSPS) is 14.4. The van der Waals surface area contributed by atoms with Crippen molar-refractivity contribution in [2.75, 3.05) is 6.54 Å². The van der Waals surface area contributed by atoms with Gasteiger partial charge in [-0.1, -0.05) is 77.3 Å². The van der Waals surface area contributed by atoms with Gasteiger partial charge in [0.15, 0.2) is 11.5 Å². The fraction of sp³-hybridized carbons (Fsp3) is 0.235. The average Bonchev–Trinajstić information content (AvgIpc) is 3.42. The minimum atomic E-state index is -2.52. The van der Waals surface area contributed by atoms with E-state index in [9.17, 15) is 14.7 Å². The maximum atomic E-state index is 13.5. The van der Waals surface area contributed by atoms with Crippen molar-refractivity contribution in [3.8, 4) is 11.5 Å². The van der Waals surface area contributed by atoms with E-state index in [2.05, 4.69) is 5.32 Å². The van der Waals surface area contributed by atoms with Crippen LogP contribution in [0.3, 0.4) is 0 Å². The molecule has 0 bridgehead atoms. The van der Waals surface area contributed by atoms with E-state index in [1.54, 1.807) is 84.9 Å². The van der Waals surface area contributed by atoms with E-state index in [-0.39, 0.29) is 30.8 Å². The fourth-order valence-electron chi connectivity index (χ4n) is 4.74. The van der Waals surface area contributed by atoms with Crippen LogP contribution in [0, 0.1) is 0 Å². The summed E-state index contributed by atoms with van der Waals surface area (Å²) in [4.78, 5) is 27.0. The largest absolute Gasteiger partial charge is 0.455 e. The second-order valence-electron chi connectivity index (χ2n) is 10.6. The molecule has 234 valence electrons. The molecule has 0 aromatic heterocycles. The number of ether oxygens (including phenoxy) is 4. The van der Waals surface area contributed by atoms with Gasteiger partial charge < -0.3 is 29.4 Å².